The van der Waals surface area contributed by atoms with Crippen LogP contribution in [0, 0.1) is 47.4 Å². The van der Waals surface area contributed by atoms with Gasteiger partial charge >= 0.3 is 0 Å². The Kier molecular flexibility index (Phi) is 6.08. The quantitative estimate of drug-likeness (QED) is 0.382. The zero-order valence-corrected chi connectivity index (χ0v) is 20.6. The molecule has 1 aromatic heterocycles. The average Bonchev–Trinajstić information content (AvgIpc) is 2.78. The van der Waals surface area contributed by atoms with Crippen LogP contribution < -0.4 is 0 Å². The van der Waals surface area contributed by atoms with Gasteiger partial charge in [-0.2, -0.15) is 0 Å². The first-order valence-electron chi connectivity index (χ1n) is 11.4. The third kappa shape index (κ3) is 5.41. The zero-order chi connectivity index (χ0) is 24.3. The molecular formula is C33H27N. The second kappa shape index (κ2) is 8.99. The molecule has 1 aliphatic carbocycles. The fourth-order valence-electron chi connectivity index (χ4n) is 3.50. The molecule has 0 amide bonds. The monoisotopic (exact) mass is 437 g/mol. The molecule has 0 saturated heterocycles. The molecule has 4 rings (SSSR count). The van der Waals surface area contributed by atoms with E-state index < -0.39 is 0 Å². The number of hydrogen-bond donors (Lipinski definition) is 0. The highest BCUT2D eigenvalue weighted by Gasteiger charge is 2.15. The fourth-order valence-corrected chi connectivity index (χ4v) is 3.50. The Balaban J connectivity index is 1.94. The van der Waals surface area contributed by atoms with Gasteiger partial charge in [0.1, 0.15) is 0 Å². The first-order chi connectivity index (χ1) is 16.1. The SMILES string of the molecule is CC(C)(C)c1ccc2c(c1)C#CC#Cc1cc(C(C)(C)C)ccc1C#Cc1cncc(c1)C#C2. The summed E-state index contributed by atoms with van der Waals surface area (Å²) in [5, 5.41) is 0. The highest BCUT2D eigenvalue weighted by atomic mass is 14.6. The second-order valence-electron chi connectivity index (χ2n) is 10.5. The molecule has 0 N–H and O–H groups in total. The van der Waals surface area contributed by atoms with Gasteiger partial charge in [0.2, 0.25) is 0 Å². The number of hydrogen-bond acceptors (Lipinski definition) is 1. The Hall–Kier alpha value is -4.17. The molecule has 0 spiro atoms. The molecule has 2 bridgehead atoms. The van der Waals surface area contributed by atoms with Crippen molar-refractivity contribution in [3.8, 4) is 47.4 Å². The topological polar surface area (TPSA) is 12.9 Å². The van der Waals surface area contributed by atoms with Crippen LogP contribution in [0.25, 0.3) is 0 Å². The van der Waals surface area contributed by atoms with E-state index in [-0.39, 0.29) is 10.8 Å². The smallest absolute Gasteiger partial charge is 0.0444 e. The fraction of sp³-hybridized carbons (Fsp3) is 0.242. The third-order valence-electron chi connectivity index (χ3n) is 5.65. The van der Waals surface area contributed by atoms with E-state index in [9.17, 15) is 0 Å². The van der Waals surface area contributed by atoms with Gasteiger partial charge in [0.15, 0.2) is 0 Å². The van der Waals surface area contributed by atoms with Crippen LogP contribution in [0.2, 0.25) is 0 Å². The minimum Gasteiger partial charge on any atom is -0.262 e. The van der Waals surface area contributed by atoms with Crippen LogP contribution in [0.3, 0.4) is 0 Å². The lowest BCUT2D eigenvalue weighted by Gasteiger charge is -2.19. The number of nitrogens with zero attached hydrogens (tertiary/aromatic N) is 1. The minimum absolute atomic E-state index is 0.0186. The molecule has 1 nitrogen and oxygen atoms in total. The van der Waals surface area contributed by atoms with Crippen LogP contribution in [-0.2, 0) is 10.8 Å². The van der Waals surface area contributed by atoms with Crippen LogP contribution in [-0.4, -0.2) is 4.98 Å². The second-order valence-corrected chi connectivity index (χ2v) is 10.5. The Morgan fingerprint density at radius 1 is 0.500 bits per heavy atom. The van der Waals surface area contributed by atoms with Gasteiger partial charge in [0, 0.05) is 45.8 Å². The molecule has 3 aromatic rings. The Morgan fingerprint density at radius 2 is 0.941 bits per heavy atom. The molecule has 0 radical (unpaired) electrons. The van der Waals surface area contributed by atoms with Gasteiger partial charge in [-0.15, -0.1) is 0 Å². The average molecular weight is 438 g/mol. The summed E-state index contributed by atoms with van der Waals surface area (Å²) in [7, 11) is 0. The first kappa shape index (κ1) is 23.0. The standard InChI is InChI=1S/C33H27N/c1-32(2,3)30-17-15-26-13-11-24-19-25(23-34-22-24)12-14-27-16-18-31(33(4,5)6)21-29(27)10-8-7-9-28(26)20-30/h15-23H,1-6H3. The highest BCUT2D eigenvalue weighted by Crippen LogP contribution is 2.25. The molecule has 34 heavy (non-hydrogen) atoms. The maximum Gasteiger partial charge on any atom is 0.0444 e. The maximum atomic E-state index is 4.34. The van der Waals surface area contributed by atoms with Crippen molar-refractivity contribution in [2.24, 2.45) is 0 Å². The number of rotatable bonds is 0. The van der Waals surface area contributed by atoms with Crippen molar-refractivity contribution in [2.75, 3.05) is 0 Å². The Morgan fingerprint density at radius 3 is 1.35 bits per heavy atom. The number of benzene rings is 2. The molecule has 0 aliphatic heterocycles. The third-order valence-corrected chi connectivity index (χ3v) is 5.65. The van der Waals surface area contributed by atoms with Crippen LogP contribution in [0.1, 0.15) is 86.1 Å². The number of pyridine rings is 1. The predicted octanol–water partition coefficient (Wildman–Crippen LogP) is 6.19. The van der Waals surface area contributed by atoms with Gasteiger partial charge in [0.25, 0.3) is 0 Å². The van der Waals surface area contributed by atoms with Gasteiger partial charge in [-0.25, -0.2) is 0 Å². The summed E-state index contributed by atoms with van der Waals surface area (Å²) in [6.07, 6.45) is 3.52. The highest BCUT2D eigenvalue weighted by molar-refractivity contribution is 5.59. The minimum atomic E-state index is 0.0186. The largest absolute Gasteiger partial charge is 0.262 e. The van der Waals surface area contributed by atoms with Crippen molar-refractivity contribution in [2.45, 2.75) is 52.4 Å². The lowest BCUT2D eigenvalue weighted by atomic mass is 9.85. The molecule has 1 heterocycles. The van der Waals surface area contributed by atoms with Crippen molar-refractivity contribution in [3.63, 3.8) is 0 Å². The van der Waals surface area contributed by atoms with Crippen molar-refractivity contribution >= 4 is 0 Å². The summed E-state index contributed by atoms with van der Waals surface area (Å²) in [6.45, 7) is 13.2. The molecular weight excluding hydrogens is 410 g/mol. The van der Waals surface area contributed by atoms with Gasteiger partial charge in [-0.05, 0) is 64.1 Å². The number of aromatic nitrogens is 1. The van der Waals surface area contributed by atoms with E-state index in [1.165, 1.54) is 11.1 Å². The van der Waals surface area contributed by atoms with E-state index in [4.69, 9.17) is 0 Å². The summed E-state index contributed by atoms with van der Waals surface area (Å²) >= 11 is 0. The molecule has 2 aromatic carbocycles. The lowest BCUT2D eigenvalue weighted by Crippen LogP contribution is -2.11. The normalized spacial score (nSPS) is 11.8. The van der Waals surface area contributed by atoms with E-state index >= 15 is 0 Å². The molecule has 0 unspecified atom stereocenters. The zero-order valence-electron chi connectivity index (χ0n) is 20.6. The van der Waals surface area contributed by atoms with Gasteiger partial charge < -0.3 is 0 Å². The maximum absolute atomic E-state index is 4.34. The van der Waals surface area contributed by atoms with Crippen molar-refractivity contribution in [1.29, 1.82) is 0 Å². The van der Waals surface area contributed by atoms with Gasteiger partial charge in [0.05, 0.1) is 0 Å². The molecule has 0 atom stereocenters. The molecule has 1 aliphatic rings. The van der Waals surface area contributed by atoms with Gasteiger partial charge in [-0.3, -0.25) is 4.98 Å². The van der Waals surface area contributed by atoms with Crippen LogP contribution >= 0.6 is 0 Å². The van der Waals surface area contributed by atoms with E-state index in [1.54, 1.807) is 12.4 Å². The van der Waals surface area contributed by atoms with Gasteiger partial charge in [-0.1, -0.05) is 89.2 Å². The van der Waals surface area contributed by atoms with E-state index in [2.05, 4.69) is 118 Å². The van der Waals surface area contributed by atoms with Crippen LogP contribution in [0.5, 0.6) is 0 Å². The van der Waals surface area contributed by atoms with E-state index in [0.717, 1.165) is 33.4 Å². The molecule has 0 saturated carbocycles. The molecule has 164 valence electrons. The van der Waals surface area contributed by atoms with E-state index in [1.807, 2.05) is 18.2 Å². The van der Waals surface area contributed by atoms with Crippen molar-refractivity contribution in [3.05, 3.63) is 99.4 Å². The predicted molar refractivity (Wildman–Crippen MR) is 140 cm³/mol. The van der Waals surface area contributed by atoms with E-state index in [0.29, 0.717) is 0 Å². The summed E-state index contributed by atoms with van der Waals surface area (Å²) < 4.78 is 0. The summed E-state index contributed by atoms with van der Waals surface area (Å²) in [4.78, 5) is 4.34. The Bertz CT molecular complexity index is 1410. The molecule has 1 heteroatoms. The summed E-state index contributed by atoms with van der Waals surface area (Å²) in [6, 6.07) is 14.6. The van der Waals surface area contributed by atoms with Crippen molar-refractivity contribution < 1.29 is 0 Å². The van der Waals surface area contributed by atoms with Crippen LogP contribution in [0.15, 0.2) is 54.9 Å². The lowest BCUT2D eigenvalue weighted by molar-refractivity contribution is 0.590. The summed E-state index contributed by atoms with van der Waals surface area (Å²) in [5.74, 6) is 25.6. The summed E-state index contributed by atoms with van der Waals surface area (Å²) in [5.41, 5.74) is 7.63. The van der Waals surface area contributed by atoms with Crippen molar-refractivity contribution in [1.82, 2.24) is 4.98 Å². The molecule has 0 fully saturated rings. The first-order valence-corrected chi connectivity index (χ1v) is 11.4. The Labute approximate surface area is 204 Å². The number of fused-ring (bicyclic) bond motifs is 4. The van der Waals surface area contributed by atoms with Crippen LogP contribution in [0.4, 0.5) is 0 Å².